The average Bonchev–Trinajstić information content (AvgIpc) is 3.48. The first-order valence-electron chi connectivity index (χ1n) is 11.9. The number of aromatic nitrogens is 6. The van der Waals surface area contributed by atoms with Crippen LogP contribution in [-0.2, 0) is 6.54 Å². The molecule has 37 heavy (non-hydrogen) atoms. The SMILES string of the molecule is Cc1nc2ccc(Oc3ccc4nc(Cl)c(-c5cnn(CC6CCC(F)(F)CC6)c5)nc4c3)c(F)c2[nH]1. The van der Waals surface area contributed by atoms with E-state index in [0.29, 0.717) is 58.8 Å². The molecule has 0 saturated heterocycles. The predicted molar refractivity (Wildman–Crippen MR) is 134 cm³/mol. The van der Waals surface area contributed by atoms with Crippen molar-refractivity contribution < 1.29 is 17.9 Å². The summed E-state index contributed by atoms with van der Waals surface area (Å²) in [5.74, 6) is -1.89. The van der Waals surface area contributed by atoms with Gasteiger partial charge >= 0.3 is 0 Å². The number of ether oxygens (including phenoxy) is 1. The smallest absolute Gasteiger partial charge is 0.248 e. The topological polar surface area (TPSA) is 81.5 Å². The van der Waals surface area contributed by atoms with Gasteiger partial charge in [-0.05, 0) is 49.9 Å². The van der Waals surface area contributed by atoms with Crippen LogP contribution >= 0.6 is 11.6 Å². The van der Waals surface area contributed by atoms with Crippen molar-refractivity contribution in [2.75, 3.05) is 0 Å². The molecule has 7 nitrogen and oxygen atoms in total. The lowest BCUT2D eigenvalue weighted by Gasteiger charge is -2.28. The molecular weight excluding hydrogens is 505 g/mol. The first-order valence-corrected chi connectivity index (χ1v) is 12.3. The summed E-state index contributed by atoms with van der Waals surface area (Å²) in [7, 11) is 0. The molecular formula is C26H22ClF3N6O. The molecule has 1 fully saturated rings. The van der Waals surface area contributed by atoms with Crippen molar-refractivity contribution in [2.24, 2.45) is 5.92 Å². The standard InChI is InChI=1S/C26H22ClF3N6O/c1-14-32-19-4-5-21(22(28)24(19)33-14)37-17-2-3-18-20(10-17)34-23(25(27)35-18)16-11-31-36(13-16)12-15-6-8-26(29,30)9-7-15/h2-5,10-11,13,15H,6-9,12H2,1H3,(H,32,33). The number of alkyl halides is 2. The Bertz CT molecular complexity index is 1620. The average molecular weight is 527 g/mol. The van der Waals surface area contributed by atoms with Gasteiger partial charge in [-0.1, -0.05) is 11.6 Å². The van der Waals surface area contributed by atoms with Gasteiger partial charge in [0.1, 0.15) is 22.8 Å². The molecule has 0 unspecified atom stereocenters. The fourth-order valence-corrected chi connectivity index (χ4v) is 4.99. The fraction of sp³-hybridized carbons (Fsp3) is 0.308. The summed E-state index contributed by atoms with van der Waals surface area (Å²) in [6, 6.07) is 8.25. The van der Waals surface area contributed by atoms with E-state index in [2.05, 4.69) is 25.0 Å². The molecule has 0 aliphatic heterocycles. The van der Waals surface area contributed by atoms with Crippen molar-refractivity contribution in [3.63, 3.8) is 0 Å². The number of halogens is 4. The van der Waals surface area contributed by atoms with Gasteiger partial charge in [-0.25, -0.2) is 28.1 Å². The van der Waals surface area contributed by atoms with Crippen LogP contribution < -0.4 is 4.74 Å². The van der Waals surface area contributed by atoms with Crippen LogP contribution in [0.1, 0.15) is 31.5 Å². The molecule has 1 aliphatic rings. The summed E-state index contributed by atoms with van der Waals surface area (Å²) in [6.45, 7) is 2.31. The van der Waals surface area contributed by atoms with Crippen LogP contribution in [0.4, 0.5) is 13.2 Å². The van der Waals surface area contributed by atoms with Crippen LogP contribution in [-0.4, -0.2) is 35.6 Å². The second kappa shape index (κ2) is 9.02. The van der Waals surface area contributed by atoms with Crippen LogP contribution in [0.3, 0.4) is 0 Å². The van der Waals surface area contributed by atoms with Crippen molar-refractivity contribution in [1.82, 2.24) is 29.7 Å². The molecule has 0 radical (unpaired) electrons. The Morgan fingerprint density at radius 3 is 2.68 bits per heavy atom. The number of hydrogen-bond donors (Lipinski definition) is 1. The van der Waals surface area contributed by atoms with Crippen LogP contribution in [0, 0.1) is 18.7 Å². The highest BCUT2D eigenvalue weighted by molar-refractivity contribution is 6.32. The predicted octanol–water partition coefficient (Wildman–Crippen LogP) is 7.09. The summed E-state index contributed by atoms with van der Waals surface area (Å²) in [5, 5.41) is 4.59. The van der Waals surface area contributed by atoms with Crippen LogP contribution in [0.15, 0.2) is 42.7 Å². The largest absolute Gasteiger partial charge is 0.454 e. The van der Waals surface area contributed by atoms with Crippen LogP contribution in [0.5, 0.6) is 11.5 Å². The van der Waals surface area contributed by atoms with E-state index in [9.17, 15) is 13.2 Å². The van der Waals surface area contributed by atoms with Gasteiger partial charge in [-0.3, -0.25) is 4.68 Å². The van der Waals surface area contributed by atoms with Gasteiger partial charge < -0.3 is 9.72 Å². The molecule has 0 spiro atoms. The molecule has 0 amide bonds. The van der Waals surface area contributed by atoms with E-state index >= 15 is 0 Å². The van der Waals surface area contributed by atoms with Crippen molar-refractivity contribution in [3.8, 4) is 22.8 Å². The number of aryl methyl sites for hydroxylation is 1. The first-order chi connectivity index (χ1) is 17.7. The first kappa shape index (κ1) is 23.7. The van der Waals surface area contributed by atoms with Crippen molar-refractivity contribution in [2.45, 2.75) is 45.1 Å². The number of H-pyrrole nitrogens is 1. The number of hydrogen-bond acceptors (Lipinski definition) is 5. The van der Waals surface area contributed by atoms with Crippen LogP contribution in [0.25, 0.3) is 33.3 Å². The van der Waals surface area contributed by atoms with Crippen molar-refractivity contribution in [3.05, 3.63) is 59.5 Å². The summed E-state index contributed by atoms with van der Waals surface area (Å²) >= 11 is 6.43. The minimum absolute atomic E-state index is 0.0550. The molecule has 0 bridgehead atoms. The number of nitrogens with zero attached hydrogens (tertiary/aromatic N) is 5. The fourth-order valence-electron chi connectivity index (χ4n) is 4.75. The lowest BCUT2D eigenvalue weighted by atomic mass is 9.87. The number of benzene rings is 2. The minimum atomic E-state index is -2.56. The zero-order chi connectivity index (χ0) is 25.7. The Hall–Kier alpha value is -3.66. The van der Waals surface area contributed by atoms with Gasteiger partial charge in [0.05, 0.1) is 22.7 Å². The van der Waals surface area contributed by atoms with E-state index in [0.717, 1.165) is 0 Å². The van der Waals surface area contributed by atoms with Gasteiger partial charge in [0.15, 0.2) is 16.7 Å². The number of aromatic amines is 1. The van der Waals surface area contributed by atoms with Crippen molar-refractivity contribution in [1.29, 1.82) is 0 Å². The maximum absolute atomic E-state index is 14.9. The monoisotopic (exact) mass is 526 g/mol. The number of nitrogens with one attached hydrogen (secondary N) is 1. The zero-order valence-electron chi connectivity index (χ0n) is 19.8. The molecule has 1 aliphatic carbocycles. The normalized spacial score (nSPS) is 16.0. The third kappa shape index (κ3) is 4.73. The Labute approximate surface area is 214 Å². The lowest BCUT2D eigenvalue weighted by Crippen LogP contribution is -2.26. The summed E-state index contributed by atoms with van der Waals surface area (Å²) < 4.78 is 49.4. The molecule has 2 aromatic carbocycles. The van der Waals surface area contributed by atoms with Gasteiger partial charge in [-0.15, -0.1) is 0 Å². The van der Waals surface area contributed by atoms with E-state index in [1.165, 1.54) is 6.07 Å². The van der Waals surface area contributed by atoms with Crippen LogP contribution in [0.2, 0.25) is 5.15 Å². The molecule has 1 N–H and O–H groups in total. The number of rotatable bonds is 5. The Kier molecular flexibility index (Phi) is 5.78. The molecule has 0 atom stereocenters. The van der Waals surface area contributed by atoms with E-state index in [-0.39, 0.29) is 35.2 Å². The highest BCUT2D eigenvalue weighted by Crippen LogP contribution is 2.37. The summed E-state index contributed by atoms with van der Waals surface area (Å²) in [5.41, 5.74) is 2.97. The molecule has 3 heterocycles. The van der Waals surface area contributed by atoms with Gasteiger partial charge in [-0.2, -0.15) is 5.10 Å². The van der Waals surface area contributed by atoms with Gasteiger partial charge in [0, 0.05) is 37.2 Å². The summed E-state index contributed by atoms with van der Waals surface area (Å²) in [4.78, 5) is 16.2. The second-order valence-corrected chi connectivity index (χ2v) is 9.82. The third-order valence-electron chi connectivity index (χ3n) is 6.69. The van der Waals surface area contributed by atoms with Gasteiger partial charge in [0.25, 0.3) is 0 Å². The third-order valence-corrected chi connectivity index (χ3v) is 6.95. The molecule has 190 valence electrons. The molecule has 3 aromatic heterocycles. The van der Waals surface area contributed by atoms with Crippen molar-refractivity contribution >= 4 is 33.7 Å². The van der Waals surface area contributed by atoms with E-state index in [1.54, 1.807) is 48.3 Å². The maximum Gasteiger partial charge on any atom is 0.248 e. The zero-order valence-corrected chi connectivity index (χ0v) is 20.6. The highest BCUT2D eigenvalue weighted by atomic mass is 35.5. The highest BCUT2D eigenvalue weighted by Gasteiger charge is 2.35. The molecule has 6 rings (SSSR count). The lowest BCUT2D eigenvalue weighted by molar-refractivity contribution is -0.0476. The van der Waals surface area contributed by atoms with E-state index in [4.69, 9.17) is 16.3 Å². The van der Waals surface area contributed by atoms with E-state index < -0.39 is 11.7 Å². The quantitative estimate of drug-likeness (QED) is 0.264. The number of imidazole rings is 1. The number of fused-ring (bicyclic) bond motifs is 2. The maximum atomic E-state index is 14.9. The molecule has 5 aromatic rings. The Morgan fingerprint density at radius 2 is 1.86 bits per heavy atom. The Morgan fingerprint density at radius 1 is 1.08 bits per heavy atom. The molecule has 11 heteroatoms. The minimum Gasteiger partial charge on any atom is -0.454 e. The molecule has 1 saturated carbocycles. The van der Waals surface area contributed by atoms with Gasteiger partial charge in [0.2, 0.25) is 5.92 Å². The summed E-state index contributed by atoms with van der Waals surface area (Å²) in [6.07, 6.45) is 4.20. The second-order valence-electron chi connectivity index (χ2n) is 9.46. The Balaban J connectivity index is 1.25. The van der Waals surface area contributed by atoms with E-state index in [1.807, 2.05) is 0 Å².